The van der Waals surface area contributed by atoms with Crippen LogP contribution in [0.1, 0.15) is 60.3 Å². The van der Waals surface area contributed by atoms with Crippen molar-refractivity contribution in [1.29, 1.82) is 0 Å². The van der Waals surface area contributed by atoms with Gasteiger partial charge in [-0.1, -0.05) is 20.8 Å². The van der Waals surface area contributed by atoms with E-state index in [4.69, 9.17) is 0 Å². The largest absolute Gasteiger partial charge is 0.471 e. The van der Waals surface area contributed by atoms with Crippen LogP contribution in [-0.4, -0.2) is 72.7 Å². The molecule has 5 unspecified atom stereocenters. The molecule has 9 nitrogen and oxygen atoms in total. The predicted molar refractivity (Wildman–Crippen MR) is 128 cm³/mol. The molecule has 216 valence electrons. The summed E-state index contributed by atoms with van der Waals surface area (Å²) in [7, 11) is 1.44. The van der Waals surface area contributed by atoms with Crippen LogP contribution in [0, 0.1) is 17.3 Å². The van der Waals surface area contributed by atoms with Crippen molar-refractivity contribution in [2.45, 2.75) is 96.1 Å². The van der Waals surface area contributed by atoms with Gasteiger partial charge in [0.05, 0.1) is 6.04 Å². The Morgan fingerprint density at radius 2 is 1.63 bits per heavy atom. The monoisotopic (exact) mass is 553 g/mol. The zero-order chi connectivity index (χ0) is 29.3. The van der Waals surface area contributed by atoms with Crippen LogP contribution in [0.3, 0.4) is 0 Å². The number of carbonyl (C=O) groups is 4. The van der Waals surface area contributed by atoms with Crippen LogP contribution in [0.25, 0.3) is 0 Å². The number of nitrogens with one attached hydrogen (secondary N) is 4. The van der Waals surface area contributed by atoms with Gasteiger partial charge in [-0.15, -0.1) is 0 Å². The maximum Gasteiger partial charge on any atom is 0.471 e. The summed E-state index contributed by atoms with van der Waals surface area (Å²) in [5.74, 6) is -9.26. The highest BCUT2D eigenvalue weighted by molar-refractivity contribution is 5.94. The van der Waals surface area contributed by atoms with Gasteiger partial charge in [-0.25, -0.2) is 8.78 Å². The fourth-order valence-corrected chi connectivity index (χ4v) is 4.50. The molecule has 0 spiro atoms. The van der Waals surface area contributed by atoms with Crippen molar-refractivity contribution in [1.82, 2.24) is 21.3 Å². The van der Waals surface area contributed by atoms with E-state index in [1.54, 1.807) is 5.32 Å². The van der Waals surface area contributed by atoms with Crippen molar-refractivity contribution < 1.29 is 41.1 Å². The predicted octanol–water partition coefficient (Wildman–Crippen LogP) is 2.10. The Morgan fingerprint density at radius 3 is 2.05 bits per heavy atom. The summed E-state index contributed by atoms with van der Waals surface area (Å²) in [6, 6.07) is -4.03. The van der Waals surface area contributed by atoms with E-state index in [2.05, 4.69) is 20.9 Å². The van der Waals surface area contributed by atoms with Crippen LogP contribution in [0.5, 0.6) is 0 Å². The van der Waals surface area contributed by atoms with E-state index < -0.39 is 83.6 Å². The first-order valence-corrected chi connectivity index (χ1v) is 12.3. The molecule has 1 saturated heterocycles. The zero-order valence-corrected chi connectivity index (χ0v) is 22.3. The molecule has 2 rings (SSSR count). The Hall–Kier alpha value is -2.80. The first kappa shape index (κ1) is 31.4. The summed E-state index contributed by atoms with van der Waals surface area (Å²) < 4.78 is 65.9. The molecular formula is C24H36F5N5O4. The average molecular weight is 554 g/mol. The van der Waals surface area contributed by atoms with Crippen molar-refractivity contribution in [3.63, 3.8) is 0 Å². The van der Waals surface area contributed by atoms with Crippen LogP contribution >= 0.6 is 0 Å². The van der Waals surface area contributed by atoms with E-state index in [0.717, 1.165) is 0 Å². The fourth-order valence-electron chi connectivity index (χ4n) is 4.50. The lowest BCUT2D eigenvalue weighted by Crippen LogP contribution is -2.60. The first-order valence-electron chi connectivity index (χ1n) is 12.3. The molecule has 0 radical (unpaired) electrons. The van der Waals surface area contributed by atoms with Gasteiger partial charge in [-0.3, -0.25) is 24.2 Å². The lowest BCUT2D eigenvalue weighted by molar-refractivity contribution is -0.175. The number of hydrogen-bond donors (Lipinski definition) is 4. The maximum atomic E-state index is 13.7. The van der Waals surface area contributed by atoms with E-state index in [0.29, 0.717) is 6.42 Å². The summed E-state index contributed by atoms with van der Waals surface area (Å²) in [5, 5.41) is 9.33. The van der Waals surface area contributed by atoms with Crippen LogP contribution in [0.4, 0.5) is 22.0 Å². The third-order valence-electron chi connectivity index (χ3n) is 6.55. The second-order valence-corrected chi connectivity index (χ2v) is 11.8. The number of rotatable bonds is 10. The van der Waals surface area contributed by atoms with E-state index >= 15 is 0 Å². The molecule has 0 aromatic rings. The van der Waals surface area contributed by atoms with Gasteiger partial charge in [0.1, 0.15) is 12.1 Å². The highest BCUT2D eigenvalue weighted by Gasteiger charge is 2.58. The van der Waals surface area contributed by atoms with E-state index in [1.165, 1.54) is 34.0 Å². The van der Waals surface area contributed by atoms with Gasteiger partial charge in [-0.05, 0) is 38.5 Å². The molecule has 2 aliphatic rings. The van der Waals surface area contributed by atoms with Crippen molar-refractivity contribution in [3.05, 3.63) is 0 Å². The highest BCUT2D eigenvalue weighted by atomic mass is 19.4. The second-order valence-electron chi connectivity index (χ2n) is 11.8. The molecule has 5 atom stereocenters. The lowest BCUT2D eigenvalue weighted by Gasteiger charge is -2.32. The molecule has 1 aliphatic carbocycles. The molecule has 4 amide bonds. The van der Waals surface area contributed by atoms with Crippen LogP contribution in [-0.2, 0) is 19.2 Å². The molecule has 1 heterocycles. The minimum Gasteiger partial charge on any atom is -0.351 e. The number of halogens is 5. The molecule has 38 heavy (non-hydrogen) atoms. The van der Waals surface area contributed by atoms with Crippen LogP contribution in [0.15, 0.2) is 4.99 Å². The average Bonchev–Trinajstić information content (AvgIpc) is 3.23. The molecule has 4 N–H and O–H groups in total. The SMILES string of the molecule is C/N=C\C(CC1CC(C)(C)NC1=O)NC(=O)C(CC1CC1(F)F)NC(=O)C(NC(=O)C(F)(F)F)C(C)(C)C. The van der Waals surface area contributed by atoms with Crippen molar-refractivity contribution in [3.8, 4) is 0 Å². The second kappa shape index (κ2) is 11.1. The van der Waals surface area contributed by atoms with Gasteiger partial charge < -0.3 is 21.3 Å². The Morgan fingerprint density at radius 1 is 1.05 bits per heavy atom. The first-order chi connectivity index (χ1) is 17.2. The number of hydrogen-bond acceptors (Lipinski definition) is 5. The third kappa shape index (κ3) is 8.62. The summed E-state index contributed by atoms with van der Waals surface area (Å²) in [5.41, 5.74) is -1.66. The molecule has 0 bridgehead atoms. The van der Waals surface area contributed by atoms with Crippen molar-refractivity contribution in [2.24, 2.45) is 22.2 Å². The van der Waals surface area contributed by atoms with Crippen molar-refractivity contribution in [2.75, 3.05) is 7.05 Å². The van der Waals surface area contributed by atoms with E-state index in [9.17, 15) is 41.1 Å². The van der Waals surface area contributed by atoms with Crippen LogP contribution in [0.2, 0.25) is 0 Å². The molecular weight excluding hydrogens is 517 g/mol. The standard InChI is InChI=1S/C24H36F5N5O4/c1-21(2,3)16(33-20(38)24(27,28)29)19(37)32-15(8-13-10-23(13,25)26)18(36)31-14(11-30-6)7-12-9-22(4,5)34-17(12)35/h11-16H,7-10H2,1-6H3,(H,31,36)(H,32,37)(H,33,38)(H,34,35)/b30-11-. The van der Waals surface area contributed by atoms with E-state index in [1.807, 2.05) is 13.8 Å². The topological polar surface area (TPSA) is 129 Å². The van der Waals surface area contributed by atoms with Gasteiger partial charge in [0.25, 0.3) is 5.92 Å². The number of aliphatic imine (C=N–C) groups is 1. The number of amides is 4. The maximum absolute atomic E-state index is 13.7. The Bertz CT molecular complexity index is 961. The molecule has 0 aromatic carbocycles. The quantitative estimate of drug-likeness (QED) is 0.244. The number of nitrogens with zero attached hydrogens (tertiary/aromatic N) is 1. The fraction of sp³-hybridized carbons (Fsp3) is 0.792. The molecule has 1 aliphatic heterocycles. The molecule has 0 aromatic heterocycles. The van der Waals surface area contributed by atoms with Gasteiger partial charge in [-0.2, -0.15) is 13.2 Å². The minimum absolute atomic E-state index is 0.158. The number of alkyl halides is 5. The van der Waals surface area contributed by atoms with Gasteiger partial charge in [0.15, 0.2) is 0 Å². The summed E-state index contributed by atoms with van der Waals surface area (Å²) in [6.45, 7) is 7.90. The summed E-state index contributed by atoms with van der Waals surface area (Å²) >= 11 is 0. The highest BCUT2D eigenvalue weighted by Crippen LogP contribution is 2.51. The Labute approximate surface area is 218 Å². The molecule has 14 heteroatoms. The lowest BCUT2D eigenvalue weighted by atomic mass is 9.85. The summed E-state index contributed by atoms with van der Waals surface area (Å²) in [4.78, 5) is 53.9. The van der Waals surface area contributed by atoms with Crippen LogP contribution < -0.4 is 21.3 Å². The minimum atomic E-state index is -5.26. The molecule has 1 saturated carbocycles. The van der Waals surface area contributed by atoms with Gasteiger partial charge in [0, 0.05) is 37.1 Å². The smallest absolute Gasteiger partial charge is 0.351 e. The Kier molecular flexibility index (Phi) is 9.20. The summed E-state index contributed by atoms with van der Waals surface area (Å²) in [6.07, 6.45) is -4.22. The zero-order valence-electron chi connectivity index (χ0n) is 22.3. The third-order valence-corrected chi connectivity index (χ3v) is 6.55. The Balaban J connectivity index is 2.21. The normalized spacial score (nSPS) is 24.8. The number of carbonyl (C=O) groups excluding carboxylic acids is 4. The van der Waals surface area contributed by atoms with E-state index in [-0.39, 0.29) is 12.3 Å². The van der Waals surface area contributed by atoms with Gasteiger partial charge >= 0.3 is 12.1 Å². The van der Waals surface area contributed by atoms with Gasteiger partial charge in [0.2, 0.25) is 17.7 Å². The molecule has 2 fully saturated rings. The van der Waals surface area contributed by atoms with Crippen molar-refractivity contribution >= 4 is 29.8 Å².